The van der Waals surface area contributed by atoms with Crippen LogP contribution in [0.2, 0.25) is 0 Å². The van der Waals surface area contributed by atoms with Crippen molar-refractivity contribution in [3.63, 3.8) is 0 Å². The molecule has 2 aliphatic heterocycles. The number of aromatic nitrogens is 6. The van der Waals surface area contributed by atoms with Gasteiger partial charge in [0.15, 0.2) is 5.82 Å². The van der Waals surface area contributed by atoms with E-state index < -0.39 is 12.0 Å². The second kappa shape index (κ2) is 14.7. The maximum atomic E-state index is 13.3. The molecule has 0 spiro atoms. The zero-order valence-corrected chi connectivity index (χ0v) is 27.2. The highest BCUT2D eigenvalue weighted by atomic mass is 16.5. The van der Waals surface area contributed by atoms with Crippen molar-refractivity contribution in [2.45, 2.75) is 25.4 Å². The molecular weight excluding hydrogens is 618 g/mol. The van der Waals surface area contributed by atoms with Gasteiger partial charge in [0, 0.05) is 91.8 Å². The third-order valence-electron chi connectivity index (χ3n) is 9.32. The monoisotopic (exact) mass is 655 g/mol. The summed E-state index contributed by atoms with van der Waals surface area (Å²) in [4.78, 5) is 47.8. The zero-order chi connectivity index (χ0) is 33.6. The molecule has 1 unspecified atom stereocenters. The Morgan fingerprint density at radius 2 is 1.80 bits per heavy atom. The van der Waals surface area contributed by atoms with E-state index in [4.69, 9.17) is 4.74 Å². The fourth-order valence-electron chi connectivity index (χ4n) is 6.68. The van der Waals surface area contributed by atoms with Gasteiger partial charge in [-0.15, -0.1) is 0 Å². The number of nitrogens with zero attached hydrogens (tertiary/aromatic N) is 7. The van der Waals surface area contributed by atoms with Gasteiger partial charge in [-0.25, -0.2) is 15.0 Å². The van der Waals surface area contributed by atoms with Gasteiger partial charge in [0.2, 0.25) is 0 Å². The molecule has 49 heavy (non-hydrogen) atoms. The predicted octanol–water partition coefficient (Wildman–Crippen LogP) is 4.24. The van der Waals surface area contributed by atoms with Crippen LogP contribution >= 0.6 is 0 Å². The maximum Gasteiger partial charge on any atom is 0.300 e. The Balaban J connectivity index is 0.885. The van der Waals surface area contributed by atoms with Gasteiger partial charge >= 0.3 is 0 Å². The van der Waals surface area contributed by atoms with Crippen molar-refractivity contribution in [2.24, 2.45) is 11.8 Å². The van der Waals surface area contributed by atoms with Crippen molar-refractivity contribution in [2.75, 3.05) is 50.1 Å². The minimum absolute atomic E-state index is 0.0380. The van der Waals surface area contributed by atoms with Crippen LogP contribution in [0.25, 0.3) is 33.5 Å². The van der Waals surface area contributed by atoms with Gasteiger partial charge in [0.05, 0.1) is 12.1 Å². The number of ether oxygens (including phenoxy) is 1. The van der Waals surface area contributed by atoms with E-state index in [1.807, 2.05) is 42.5 Å². The molecule has 0 saturated carbocycles. The number of anilines is 2. The van der Waals surface area contributed by atoms with E-state index in [0.29, 0.717) is 24.6 Å². The SMILES string of the molecule is CO[C@@H](C#CC(=O)Nc1ccc2[nH]nc(-c3ccncc3)c2c1)C1CCN(CC(=O)C2CCN(c3ccc(-c4ncccn4)cn3)CC2)C1. The topological polar surface area (TPSA) is 142 Å². The number of methoxy groups -OCH3 is 1. The number of Topliss-reactive ketones (excluding diaryl/α,β-unsaturated/α-hetero) is 1. The van der Waals surface area contributed by atoms with E-state index >= 15 is 0 Å². The predicted molar refractivity (Wildman–Crippen MR) is 186 cm³/mol. The van der Waals surface area contributed by atoms with Crippen molar-refractivity contribution < 1.29 is 14.3 Å². The second-order valence-electron chi connectivity index (χ2n) is 12.4. The molecule has 1 amide bonds. The van der Waals surface area contributed by atoms with Crippen molar-refractivity contribution >= 4 is 34.1 Å². The van der Waals surface area contributed by atoms with E-state index in [2.05, 4.69) is 57.1 Å². The fourth-order valence-corrected chi connectivity index (χ4v) is 6.68. The summed E-state index contributed by atoms with van der Waals surface area (Å²) < 4.78 is 5.70. The molecule has 1 aromatic carbocycles. The van der Waals surface area contributed by atoms with Crippen LogP contribution in [-0.4, -0.2) is 92.7 Å². The lowest BCUT2D eigenvalue weighted by Crippen LogP contribution is -2.40. The van der Waals surface area contributed by atoms with Crippen LogP contribution in [0.1, 0.15) is 19.3 Å². The molecule has 2 fully saturated rings. The van der Waals surface area contributed by atoms with Crippen LogP contribution < -0.4 is 10.2 Å². The molecule has 0 aliphatic carbocycles. The van der Waals surface area contributed by atoms with Crippen molar-refractivity contribution in [3.05, 3.63) is 79.5 Å². The highest BCUT2D eigenvalue weighted by Crippen LogP contribution is 2.29. The molecule has 248 valence electrons. The summed E-state index contributed by atoms with van der Waals surface area (Å²) in [5.74, 6) is 7.33. The summed E-state index contributed by atoms with van der Waals surface area (Å²) in [7, 11) is 1.62. The molecule has 0 bridgehead atoms. The zero-order valence-electron chi connectivity index (χ0n) is 27.2. The Bertz CT molecular complexity index is 1970. The number of rotatable bonds is 9. The van der Waals surface area contributed by atoms with Crippen molar-refractivity contribution in [1.82, 2.24) is 35.0 Å². The molecule has 0 radical (unpaired) electrons. The highest BCUT2D eigenvalue weighted by Gasteiger charge is 2.32. The van der Waals surface area contributed by atoms with E-state index in [1.54, 1.807) is 44.2 Å². The number of hydrogen-bond acceptors (Lipinski definition) is 10. The number of piperidine rings is 1. The van der Waals surface area contributed by atoms with E-state index in [9.17, 15) is 9.59 Å². The van der Waals surface area contributed by atoms with Gasteiger partial charge in [0.25, 0.3) is 5.91 Å². The summed E-state index contributed by atoms with van der Waals surface area (Å²) in [6.07, 6.45) is 10.7. The number of carbonyl (C=O) groups is 2. The van der Waals surface area contributed by atoms with Crippen LogP contribution in [0.4, 0.5) is 11.5 Å². The number of H-pyrrole nitrogens is 1. The van der Waals surface area contributed by atoms with Gasteiger partial charge < -0.3 is 15.0 Å². The van der Waals surface area contributed by atoms with Gasteiger partial charge in [-0.3, -0.25) is 24.6 Å². The van der Waals surface area contributed by atoms with E-state index in [-0.39, 0.29) is 17.6 Å². The van der Waals surface area contributed by atoms with Crippen LogP contribution in [-0.2, 0) is 14.3 Å². The smallest absolute Gasteiger partial charge is 0.300 e. The van der Waals surface area contributed by atoms with Crippen LogP contribution in [0.3, 0.4) is 0 Å². The number of nitrogens with one attached hydrogen (secondary N) is 2. The summed E-state index contributed by atoms with van der Waals surface area (Å²) in [5, 5.41) is 11.2. The van der Waals surface area contributed by atoms with Gasteiger partial charge in [-0.1, -0.05) is 5.92 Å². The van der Waals surface area contributed by atoms with Crippen LogP contribution in [0, 0.1) is 23.7 Å². The molecule has 12 heteroatoms. The van der Waals surface area contributed by atoms with Crippen LogP contribution in [0.15, 0.2) is 79.5 Å². The molecule has 2 atom stereocenters. The van der Waals surface area contributed by atoms with Crippen molar-refractivity contribution in [1.29, 1.82) is 0 Å². The summed E-state index contributed by atoms with van der Waals surface area (Å²) in [5.41, 5.74) is 4.08. The lowest BCUT2D eigenvalue weighted by molar-refractivity contribution is -0.124. The third kappa shape index (κ3) is 7.48. The minimum atomic E-state index is -0.414. The summed E-state index contributed by atoms with van der Waals surface area (Å²) in [6.45, 7) is 3.51. The fraction of sp³-hybridized carbons (Fsp3) is 0.324. The minimum Gasteiger partial charge on any atom is -0.368 e. The van der Waals surface area contributed by atoms with Crippen LogP contribution in [0.5, 0.6) is 0 Å². The van der Waals surface area contributed by atoms with E-state index in [0.717, 1.165) is 72.4 Å². The molecule has 2 aliphatic rings. The Kier molecular flexibility index (Phi) is 9.63. The first-order valence-electron chi connectivity index (χ1n) is 16.5. The number of fused-ring (bicyclic) bond motifs is 1. The summed E-state index contributed by atoms with van der Waals surface area (Å²) >= 11 is 0. The van der Waals surface area contributed by atoms with Gasteiger partial charge in [-0.2, -0.15) is 5.10 Å². The number of pyridine rings is 2. The quantitative estimate of drug-likeness (QED) is 0.222. The molecule has 6 heterocycles. The number of aromatic amines is 1. The third-order valence-corrected chi connectivity index (χ3v) is 9.32. The lowest BCUT2D eigenvalue weighted by Gasteiger charge is -2.32. The molecule has 4 aromatic heterocycles. The number of ketones is 1. The first kappa shape index (κ1) is 32.1. The molecule has 7 rings (SSSR count). The Labute approximate surface area is 284 Å². The molecule has 2 N–H and O–H groups in total. The second-order valence-corrected chi connectivity index (χ2v) is 12.4. The highest BCUT2D eigenvalue weighted by molar-refractivity contribution is 6.05. The van der Waals surface area contributed by atoms with E-state index in [1.165, 1.54) is 0 Å². The van der Waals surface area contributed by atoms with Gasteiger partial charge in [-0.05, 0) is 80.3 Å². The molecule has 2 saturated heterocycles. The largest absolute Gasteiger partial charge is 0.368 e. The van der Waals surface area contributed by atoms with Crippen molar-refractivity contribution in [3.8, 4) is 34.5 Å². The Hall–Kier alpha value is -5.51. The summed E-state index contributed by atoms with van der Waals surface area (Å²) in [6, 6.07) is 15.1. The molecule has 5 aromatic rings. The first-order chi connectivity index (χ1) is 24.0. The normalized spacial score (nSPS) is 17.4. The number of amides is 1. The number of benzene rings is 1. The Morgan fingerprint density at radius 1 is 0.980 bits per heavy atom. The average Bonchev–Trinajstić information content (AvgIpc) is 3.80. The number of likely N-dealkylation sites (tertiary alicyclic amines) is 1. The molecular formula is C37H37N9O3. The first-order valence-corrected chi connectivity index (χ1v) is 16.5. The lowest BCUT2D eigenvalue weighted by atomic mass is 9.92. The Morgan fingerprint density at radius 3 is 2.55 bits per heavy atom. The maximum absolute atomic E-state index is 13.3. The number of carbonyl (C=O) groups excluding carboxylic acids is 2. The van der Waals surface area contributed by atoms with Gasteiger partial charge in [0.1, 0.15) is 23.4 Å². The molecule has 12 nitrogen and oxygen atoms in total. The standard InChI is InChI=1S/C37H37N9O3/c1-49-33(6-8-35(48)42-29-4-5-31-30(21-29)36(44-43-31)26-9-16-38-17-10-26)28-11-18-45(23-28)24-32(47)25-12-19-46(20-13-25)34-7-3-27(22-41-34)37-39-14-2-15-40-37/h2-5,7,9-10,14-17,21-22,25,28,33H,11-13,18-20,23-24H2,1H3,(H,42,48)(H,43,44)/t28?,33-/m0/s1. The average molecular weight is 656 g/mol. The number of hydrogen-bond donors (Lipinski definition) is 2.